The van der Waals surface area contributed by atoms with E-state index in [-0.39, 0.29) is 5.91 Å². The van der Waals surface area contributed by atoms with Crippen molar-refractivity contribution >= 4 is 23.2 Å². The molecule has 1 saturated heterocycles. The SMILES string of the molecule is O=C1CN(Cc2c(-c3ccc(Cl)cc3)nc3ccc(-c4ncon4)cn23)CCN1. The van der Waals surface area contributed by atoms with Gasteiger partial charge in [-0.2, -0.15) is 4.98 Å². The highest BCUT2D eigenvalue weighted by Gasteiger charge is 2.22. The molecule has 0 unspecified atom stereocenters. The normalized spacial score (nSPS) is 15.0. The Labute approximate surface area is 171 Å². The number of halogens is 1. The number of piperazine rings is 1. The lowest BCUT2D eigenvalue weighted by atomic mass is 10.1. The monoisotopic (exact) mass is 408 g/mol. The highest BCUT2D eigenvalue weighted by molar-refractivity contribution is 6.30. The van der Waals surface area contributed by atoms with E-state index < -0.39 is 0 Å². The molecule has 0 atom stereocenters. The average Bonchev–Trinajstić information content (AvgIpc) is 3.37. The molecule has 1 aliphatic rings. The number of amides is 1. The summed E-state index contributed by atoms with van der Waals surface area (Å²) in [5, 5.41) is 7.46. The van der Waals surface area contributed by atoms with Crippen LogP contribution in [0, 0.1) is 0 Å². The van der Waals surface area contributed by atoms with Gasteiger partial charge in [-0.1, -0.05) is 28.9 Å². The molecule has 1 aromatic carbocycles. The van der Waals surface area contributed by atoms with Gasteiger partial charge in [0, 0.05) is 42.0 Å². The van der Waals surface area contributed by atoms with Gasteiger partial charge in [0.1, 0.15) is 5.65 Å². The highest BCUT2D eigenvalue weighted by atomic mass is 35.5. The van der Waals surface area contributed by atoms with Crippen LogP contribution in [0.3, 0.4) is 0 Å². The first-order valence-corrected chi connectivity index (χ1v) is 9.58. The Bertz CT molecular complexity index is 1170. The number of hydrogen-bond donors (Lipinski definition) is 1. The number of nitrogens with zero attached hydrogens (tertiary/aromatic N) is 5. The Kier molecular flexibility index (Phi) is 4.49. The maximum absolute atomic E-state index is 11.9. The van der Waals surface area contributed by atoms with Gasteiger partial charge >= 0.3 is 0 Å². The summed E-state index contributed by atoms with van der Waals surface area (Å²) in [5.74, 6) is 0.544. The standard InChI is InChI=1S/C20H17ClN6O2/c21-15-4-1-13(2-5-15)19-16(10-26-8-7-22-18(28)11-26)27-9-14(3-6-17(27)24-19)20-23-12-29-25-20/h1-6,9,12H,7-8,10-11H2,(H,22,28). The summed E-state index contributed by atoms with van der Waals surface area (Å²) in [7, 11) is 0. The highest BCUT2D eigenvalue weighted by Crippen LogP contribution is 2.28. The second-order valence-electron chi connectivity index (χ2n) is 6.88. The largest absolute Gasteiger partial charge is 0.354 e. The number of hydrogen-bond acceptors (Lipinski definition) is 6. The average molecular weight is 409 g/mol. The molecule has 0 saturated carbocycles. The van der Waals surface area contributed by atoms with Crippen LogP contribution in [0.1, 0.15) is 5.69 Å². The Morgan fingerprint density at radius 3 is 2.72 bits per heavy atom. The zero-order valence-electron chi connectivity index (χ0n) is 15.4. The summed E-state index contributed by atoms with van der Waals surface area (Å²) < 4.78 is 6.91. The summed E-state index contributed by atoms with van der Waals surface area (Å²) in [6.07, 6.45) is 3.26. The molecule has 0 radical (unpaired) electrons. The fourth-order valence-electron chi connectivity index (χ4n) is 3.55. The third kappa shape index (κ3) is 3.48. The molecule has 4 aromatic rings. The Morgan fingerprint density at radius 2 is 1.97 bits per heavy atom. The minimum absolute atomic E-state index is 0.0330. The predicted molar refractivity (Wildman–Crippen MR) is 107 cm³/mol. The third-order valence-corrected chi connectivity index (χ3v) is 5.20. The lowest BCUT2D eigenvalue weighted by Crippen LogP contribution is -2.47. The quantitative estimate of drug-likeness (QED) is 0.558. The number of pyridine rings is 1. The van der Waals surface area contributed by atoms with E-state index in [0.717, 1.165) is 34.7 Å². The van der Waals surface area contributed by atoms with Crippen molar-refractivity contribution in [3.8, 4) is 22.6 Å². The molecule has 1 N–H and O–H groups in total. The molecule has 0 spiro atoms. The van der Waals surface area contributed by atoms with Gasteiger partial charge in [-0.3, -0.25) is 9.69 Å². The summed E-state index contributed by atoms with van der Waals surface area (Å²) in [6.45, 7) is 2.36. The van der Waals surface area contributed by atoms with Crippen molar-refractivity contribution in [1.82, 2.24) is 29.7 Å². The summed E-state index contributed by atoms with van der Waals surface area (Å²) >= 11 is 6.07. The third-order valence-electron chi connectivity index (χ3n) is 4.95. The molecule has 146 valence electrons. The minimum Gasteiger partial charge on any atom is -0.354 e. The van der Waals surface area contributed by atoms with E-state index in [0.29, 0.717) is 30.5 Å². The van der Waals surface area contributed by atoms with Crippen molar-refractivity contribution in [3.05, 3.63) is 59.7 Å². The smallest absolute Gasteiger partial charge is 0.234 e. The van der Waals surface area contributed by atoms with E-state index in [1.807, 2.05) is 47.0 Å². The van der Waals surface area contributed by atoms with Gasteiger partial charge in [0.25, 0.3) is 0 Å². The molecule has 5 rings (SSSR count). The second-order valence-corrected chi connectivity index (χ2v) is 7.31. The van der Waals surface area contributed by atoms with Gasteiger partial charge in [-0.05, 0) is 24.3 Å². The van der Waals surface area contributed by atoms with Gasteiger partial charge < -0.3 is 14.2 Å². The van der Waals surface area contributed by atoms with E-state index in [9.17, 15) is 4.79 Å². The van der Waals surface area contributed by atoms with Gasteiger partial charge in [0.05, 0.1) is 17.9 Å². The van der Waals surface area contributed by atoms with E-state index >= 15 is 0 Å². The maximum atomic E-state index is 11.9. The number of rotatable bonds is 4. The van der Waals surface area contributed by atoms with E-state index in [1.54, 1.807) is 0 Å². The first-order chi connectivity index (χ1) is 14.2. The zero-order valence-corrected chi connectivity index (χ0v) is 16.1. The molecule has 1 aliphatic heterocycles. The molecule has 29 heavy (non-hydrogen) atoms. The second kappa shape index (κ2) is 7.31. The van der Waals surface area contributed by atoms with Crippen LogP contribution in [-0.4, -0.2) is 50.0 Å². The molecule has 1 amide bonds. The summed E-state index contributed by atoms with van der Waals surface area (Å²) in [6, 6.07) is 11.5. The van der Waals surface area contributed by atoms with Gasteiger partial charge in [0.2, 0.25) is 18.1 Å². The van der Waals surface area contributed by atoms with Crippen LogP contribution in [0.2, 0.25) is 5.02 Å². The molecule has 8 nitrogen and oxygen atoms in total. The van der Waals surface area contributed by atoms with E-state index in [1.165, 1.54) is 6.39 Å². The number of carbonyl (C=O) groups excluding carboxylic acids is 1. The first-order valence-electron chi connectivity index (χ1n) is 9.20. The molecule has 4 heterocycles. The number of benzene rings is 1. The van der Waals surface area contributed by atoms with Crippen LogP contribution in [0.4, 0.5) is 0 Å². The van der Waals surface area contributed by atoms with Gasteiger partial charge in [-0.25, -0.2) is 4.98 Å². The topological polar surface area (TPSA) is 88.6 Å². The molecule has 1 fully saturated rings. The Balaban J connectivity index is 1.64. The number of nitrogens with one attached hydrogen (secondary N) is 1. The molecule has 3 aromatic heterocycles. The first kappa shape index (κ1) is 17.8. The van der Waals surface area contributed by atoms with Crippen LogP contribution in [0.5, 0.6) is 0 Å². The fraction of sp³-hybridized carbons (Fsp3) is 0.200. The van der Waals surface area contributed by atoms with Crippen LogP contribution < -0.4 is 5.32 Å². The van der Waals surface area contributed by atoms with Crippen LogP contribution >= 0.6 is 11.6 Å². The predicted octanol–water partition coefficient (Wildman–Crippen LogP) is 2.64. The van der Waals surface area contributed by atoms with Crippen LogP contribution in [0.25, 0.3) is 28.3 Å². The molecule has 0 aliphatic carbocycles. The van der Waals surface area contributed by atoms with Gasteiger partial charge in [-0.15, -0.1) is 0 Å². The van der Waals surface area contributed by atoms with Crippen LogP contribution in [-0.2, 0) is 11.3 Å². The molecule has 9 heteroatoms. The van der Waals surface area contributed by atoms with E-state index in [2.05, 4.69) is 20.4 Å². The maximum Gasteiger partial charge on any atom is 0.234 e. The fourth-order valence-corrected chi connectivity index (χ4v) is 3.68. The Hall–Kier alpha value is -3.23. The minimum atomic E-state index is 0.0330. The lowest BCUT2D eigenvalue weighted by molar-refractivity contribution is -0.124. The molecular formula is C20H17ClN6O2. The number of imidazole rings is 1. The lowest BCUT2D eigenvalue weighted by Gasteiger charge is -2.26. The van der Waals surface area contributed by atoms with Crippen molar-refractivity contribution in [1.29, 1.82) is 0 Å². The summed E-state index contributed by atoms with van der Waals surface area (Å²) in [5.41, 5.74) is 4.44. The van der Waals surface area contributed by atoms with Gasteiger partial charge in [0.15, 0.2) is 0 Å². The summed E-state index contributed by atoms with van der Waals surface area (Å²) in [4.78, 5) is 22.9. The van der Waals surface area contributed by atoms with Crippen molar-refractivity contribution in [2.75, 3.05) is 19.6 Å². The number of fused-ring (bicyclic) bond motifs is 1. The van der Waals surface area contributed by atoms with Crippen molar-refractivity contribution in [3.63, 3.8) is 0 Å². The molecular weight excluding hydrogens is 392 g/mol. The van der Waals surface area contributed by atoms with E-state index in [4.69, 9.17) is 21.1 Å². The molecule has 0 bridgehead atoms. The van der Waals surface area contributed by atoms with Crippen molar-refractivity contribution < 1.29 is 9.32 Å². The van der Waals surface area contributed by atoms with Crippen molar-refractivity contribution in [2.24, 2.45) is 0 Å². The number of carbonyl (C=O) groups is 1. The zero-order chi connectivity index (χ0) is 19.8. The van der Waals surface area contributed by atoms with Crippen LogP contribution in [0.15, 0.2) is 53.5 Å². The van der Waals surface area contributed by atoms with Crippen molar-refractivity contribution in [2.45, 2.75) is 6.54 Å². The number of aromatic nitrogens is 4. The Morgan fingerprint density at radius 1 is 1.14 bits per heavy atom.